The van der Waals surface area contributed by atoms with Crippen LogP contribution in [0.1, 0.15) is 11.1 Å². The summed E-state index contributed by atoms with van der Waals surface area (Å²) in [5.74, 6) is 0. The van der Waals surface area contributed by atoms with Gasteiger partial charge >= 0.3 is 6.30 Å². The SMILES string of the molecule is N#Cc1ccc2c(c1)CCN2C(F)(F)F. The molecule has 0 amide bonds. The van der Waals surface area contributed by atoms with Crippen molar-refractivity contribution in [2.75, 3.05) is 11.4 Å². The molecule has 0 fully saturated rings. The van der Waals surface area contributed by atoms with E-state index in [1.54, 1.807) is 0 Å². The molecule has 0 spiro atoms. The summed E-state index contributed by atoms with van der Waals surface area (Å²) in [6, 6.07) is 6.19. The molecule has 1 aliphatic heterocycles. The number of hydrogen-bond acceptors (Lipinski definition) is 2. The highest BCUT2D eigenvalue weighted by atomic mass is 19.4. The van der Waals surface area contributed by atoms with Crippen molar-refractivity contribution in [3.05, 3.63) is 29.3 Å². The van der Waals surface area contributed by atoms with E-state index in [4.69, 9.17) is 5.26 Å². The highest BCUT2D eigenvalue weighted by Gasteiger charge is 2.40. The zero-order chi connectivity index (χ0) is 11.1. The molecule has 1 aromatic carbocycles. The molecule has 2 rings (SSSR count). The molecule has 1 aromatic rings. The van der Waals surface area contributed by atoms with Crippen molar-refractivity contribution < 1.29 is 13.2 Å². The molecule has 0 unspecified atom stereocenters. The van der Waals surface area contributed by atoms with Gasteiger partial charge in [-0.2, -0.15) is 18.4 Å². The minimum absolute atomic E-state index is 0.0618. The topological polar surface area (TPSA) is 27.0 Å². The minimum Gasteiger partial charge on any atom is -0.283 e. The molecule has 1 aliphatic rings. The Balaban J connectivity index is 2.42. The van der Waals surface area contributed by atoms with Crippen molar-refractivity contribution in [2.24, 2.45) is 0 Å². The smallest absolute Gasteiger partial charge is 0.283 e. The largest absolute Gasteiger partial charge is 0.484 e. The van der Waals surface area contributed by atoms with Gasteiger partial charge in [0.25, 0.3) is 0 Å². The molecule has 0 aliphatic carbocycles. The van der Waals surface area contributed by atoms with E-state index in [0.29, 0.717) is 22.4 Å². The second-order valence-electron chi connectivity index (χ2n) is 3.32. The molecule has 0 saturated carbocycles. The summed E-state index contributed by atoms with van der Waals surface area (Å²) in [7, 11) is 0. The third-order valence-electron chi connectivity index (χ3n) is 2.41. The zero-order valence-corrected chi connectivity index (χ0v) is 7.67. The lowest BCUT2D eigenvalue weighted by Gasteiger charge is -2.21. The van der Waals surface area contributed by atoms with Crippen LogP contribution in [0.3, 0.4) is 0 Å². The van der Waals surface area contributed by atoms with Crippen LogP contribution in [0.2, 0.25) is 0 Å². The maximum absolute atomic E-state index is 12.5. The maximum atomic E-state index is 12.5. The van der Waals surface area contributed by atoms with Gasteiger partial charge < -0.3 is 0 Å². The summed E-state index contributed by atoms with van der Waals surface area (Å²) < 4.78 is 37.4. The average molecular weight is 212 g/mol. The second kappa shape index (κ2) is 3.16. The molecule has 2 nitrogen and oxygen atoms in total. The Morgan fingerprint density at radius 1 is 1.33 bits per heavy atom. The Labute approximate surface area is 84.5 Å². The molecule has 0 saturated heterocycles. The van der Waals surface area contributed by atoms with Crippen LogP contribution in [0.15, 0.2) is 18.2 Å². The third kappa shape index (κ3) is 1.63. The lowest BCUT2D eigenvalue weighted by atomic mass is 10.1. The van der Waals surface area contributed by atoms with Crippen LogP contribution in [-0.4, -0.2) is 12.8 Å². The molecule has 0 bridgehead atoms. The van der Waals surface area contributed by atoms with Crippen LogP contribution in [0.25, 0.3) is 0 Å². The molecule has 0 atom stereocenters. The summed E-state index contributed by atoms with van der Waals surface area (Å²) in [6.07, 6.45) is -4.00. The lowest BCUT2D eigenvalue weighted by molar-refractivity contribution is -0.127. The van der Waals surface area contributed by atoms with Gasteiger partial charge in [-0.3, -0.25) is 4.90 Å². The quantitative estimate of drug-likeness (QED) is 0.617. The van der Waals surface area contributed by atoms with E-state index < -0.39 is 6.30 Å². The van der Waals surface area contributed by atoms with Gasteiger partial charge in [-0.15, -0.1) is 0 Å². The summed E-state index contributed by atoms with van der Waals surface area (Å²) in [4.78, 5) is 0.406. The number of hydrogen-bond donors (Lipinski definition) is 0. The molecule has 1 heterocycles. The van der Waals surface area contributed by atoms with Crippen LogP contribution in [0.4, 0.5) is 18.9 Å². The normalized spacial score (nSPS) is 14.9. The molecular formula is C10H7F3N2. The predicted octanol–water partition coefficient (Wildman–Crippen LogP) is 2.44. The number of alkyl halides is 3. The fourth-order valence-corrected chi connectivity index (χ4v) is 1.73. The van der Waals surface area contributed by atoms with E-state index in [-0.39, 0.29) is 12.2 Å². The summed E-state index contributed by atoms with van der Waals surface area (Å²) >= 11 is 0. The van der Waals surface area contributed by atoms with Crippen molar-refractivity contribution in [2.45, 2.75) is 12.7 Å². The van der Waals surface area contributed by atoms with Gasteiger partial charge in [0.05, 0.1) is 11.6 Å². The Morgan fingerprint density at radius 2 is 2.07 bits per heavy atom. The minimum atomic E-state index is -4.33. The molecular weight excluding hydrogens is 205 g/mol. The first kappa shape index (κ1) is 9.84. The third-order valence-corrected chi connectivity index (χ3v) is 2.41. The van der Waals surface area contributed by atoms with E-state index in [2.05, 4.69) is 0 Å². The number of halogens is 3. The van der Waals surface area contributed by atoms with Gasteiger partial charge in [-0.25, -0.2) is 0 Å². The van der Waals surface area contributed by atoms with E-state index in [0.717, 1.165) is 0 Å². The van der Waals surface area contributed by atoms with Crippen molar-refractivity contribution in [1.29, 1.82) is 5.26 Å². The van der Waals surface area contributed by atoms with Gasteiger partial charge in [-0.05, 0) is 30.2 Å². The fourth-order valence-electron chi connectivity index (χ4n) is 1.73. The van der Waals surface area contributed by atoms with Crippen LogP contribution in [0, 0.1) is 11.3 Å². The molecule has 78 valence electrons. The van der Waals surface area contributed by atoms with Crippen LogP contribution >= 0.6 is 0 Å². The summed E-state index contributed by atoms with van der Waals surface area (Å²) in [5.41, 5.74) is 1.16. The van der Waals surface area contributed by atoms with E-state index in [1.165, 1.54) is 18.2 Å². The first-order chi connectivity index (χ1) is 7.02. The van der Waals surface area contributed by atoms with Crippen LogP contribution in [-0.2, 0) is 6.42 Å². The summed E-state index contributed by atoms with van der Waals surface area (Å²) in [5, 5.41) is 8.61. The zero-order valence-electron chi connectivity index (χ0n) is 7.67. The highest BCUT2D eigenvalue weighted by molar-refractivity contribution is 5.60. The standard InChI is InChI=1S/C10H7F3N2/c11-10(12,13)15-4-3-8-5-7(6-14)1-2-9(8)15/h1-2,5H,3-4H2. The monoisotopic (exact) mass is 212 g/mol. The first-order valence-electron chi connectivity index (χ1n) is 4.40. The number of anilines is 1. The van der Waals surface area contributed by atoms with Gasteiger partial charge in [-0.1, -0.05) is 0 Å². The van der Waals surface area contributed by atoms with Crippen molar-refractivity contribution in [1.82, 2.24) is 0 Å². The molecule has 0 radical (unpaired) electrons. The van der Waals surface area contributed by atoms with E-state index in [1.807, 2.05) is 6.07 Å². The van der Waals surface area contributed by atoms with Crippen molar-refractivity contribution in [3.8, 4) is 6.07 Å². The maximum Gasteiger partial charge on any atom is 0.484 e. The number of nitrogens with zero attached hydrogens (tertiary/aromatic N) is 2. The average Bonchev–Trinajstić information content (AvgIpc) is 2.59. The Kier molecular flexibility index (Phi) is 2.07. The summed E-state index contributed by atoms with van der Waals surface area (Å²) in [6.45, 7) is -0.0618. The van der Waals surface area contributed by atoms with Gasteiger partial charge in [0.2, 0.25) is 0 Å². The number of benzene rings is 1. The van der Waals surface area contributed by atoms with E-state index in [9.17, 15) is 13.2 Å². The molecule has 5 heteroatoms. The molecule has 0 aromatic heterocycles. The van der Waals surface area contributed by atoms with Gasteiger partial charge in [0.1, 0.15) is 0 Å². The van der Waals surface area contributed by atoms with Crippen molar-refractivity contribution in [3.63, 3.8) is 0 Å². The first-order valence-corrected chi connectivity index (χ1v) is 4.40. The Hall–Kier alpha value is -1.70. The molecule has 0 N–H and O–H groups in total. The number of rotatable bonds is 0. The van der Waals surface area contributed by atoms with Crippen molar-refractivity contribution >= 4 is 5.69 Å². The fraction of sp³-hybridized carbons (Fsp3) is 0.300. The van der Waals surface area contributed by atoms with Crippen LogP contribution < -0.4 is 4.90 Å². The number of fused-ring (bicyclic) bond motifs is 1. The Bertz CT molecular complexity index is 431. The highest BCUT2D eigenvalue weighted by Crippen LogP contribution is 2.36. The van der Waals surface area contributed by atoms with E-state index >= 15 is 0 Å². The Morgan fingerprint density at radius 3 is 2.67 bits per heavy atom. The molecule has 15 heavy (non-hydrogen) atoms. The second-order valence-corrected chi connectivity index (χ2v) is 3.32. The predicted molar refractivity (Wildman–Crippen MR) is 48.3 cm³/mol. The van der Waals surface area contributed by atoms with Gasteiger partial charge in [0, 0.05) is 12.2 Å². The van der Waals surface area contributed by atoms with Gasteiger partial charge in [0.15, 0.2) is 0 Å². The lowest BCUT2D eigenvalue weighted by Crippen LogP contribution is -2.36. The number of nitriles is 1. The van der Waals surface area contributed by atoms with Crippen LogP contribution in [0.5, 0.6) is 0 Å².